The minimum atomic E-state index is 0.0276. The van der Waals surface area contributed by atoms with E-state index in [1.165, 1.54) is 22.1 Å². The Kier molecular flexibility index (Phi) is 4.48. The van der Waals surface area contributed by atoms with Crippen LogP contribution in [0.2, 0.25) is 0 Å². The van der Waals surface area contributed by atoms with Crippen molar-refractivity contribution in [2.45, 2.75) is 13.3 Å². The van der Waals surface area contributed by atoms with Crippen molar-refractivity contribution in [2.75, 3.05) is 19.7 Å². The topological polar surface area (TPSA) is 45.3 Å². The smallest absolute Gasteiger partial charge is 0.260 e. The number of fused-ring (bicyclic) bond motifs is 1. The number of aromatic nitrogens is 1. The molecule has 0 fully saturated rings. The molecule has 0 aliphatic carbocycles. The van der Waals surface area contributed by atoms with E-state index in [0.29, 0.717) is 6.54 Å². The van der Waals surface area contributed by atoms with E-state index in [-0.39, 0.29) is 12.5 Å². The average molecular weight is 346 g/mol. The third-order valence-electron chi connectivity index (χ3n) is 4.88. The van der Waals surface area contributed by atoms with Crippen molar-refractivity contribution >= 4 is 22.4 Å². The first kappa shape index (κ1) is 16.5. The van der Waals surface area contributed by atoms with E-state index in [0.717, 1.165) is 24.2 Å². The second kappa shape index (κ2) is 7.08. The molecule has 132 valence electrons. The number of hydrogen-bond acceptors (Lipinski definition) is 2. The predicted octanol–water partition coefficient (Wildman–Crippen LogP) is 4.17. The first-order valence-electron chi connectivity index (χ1n) is 8.93. The fourth-order valence-electron chi connectivity index (χ4n) is 3.35. The van der Waals surface area contributed by atoms with Gasteiger partial charge in [-0.1, -0.05) is 42.0 Å². The Morgan fingerprint density at radius 1 is 1.15 bits per heavy atom. The summed E-state index contributed by atoms with van der Waals surface area (Å²) >= 11 is 0. The summed E-state index contributed by atoms with van der Waals surface area (Å²) in [6, 6.07) is 16.1. The van der Waals surface area contributed by atoms with Crippen LogP contribution in [0.1, 0.15) is 17.5 Å². The maximum Gasteiger partial charge on any atom is 0.260 e. The van der Waals surface area contributed by atoms with Gasteiger partial charge in [-0.25, -0.2) is 0 Å². The summed E-state index contributed by atoms with van der Waals surface area (Å²) in [6.07, 6.45) is 5.08. The van der Waals surface area contributed by atoms with E-state index in [2.05, 4.69) is 35.5 Å². The van der Waals surface area contributed by atoms with Crippen molar-refractivity contribution in [3.8, 4) is 5.75 Å². The molecule has 0 saturated heterocycles. The van der Waals surface area contributed by atoms with E-state index in [4.69, 9.17) is 4.74 Å². The Hall–Kier alpha value is -3.01. The highest BCUT2D eigenvalue weighted by molar-refractivity contribution is 5.93. The molecule has 0 spiro atoms. The van der Waals surface area contributed by atoms with Crippen molar-refractivity contribution in [1.29, 1.82) is 0 Å². The van der Waals surface area contributed by atoms with E-state index in [9.17, 15) is 4.79 Å². The van der Waals surface area contributed by atoms with Crippen molar-refractivity contribution in [3.05, 3.63) is 71.9 Å². The molecule has 4 nitrogen and oxygen atoms in total. The van der Waals surface area contributed by atoms with Crippen molar-refractivity contribution < 1.29 is 9.53 Å². The molecular formula is C22H22N2O2. The largest absolute Gasteiger partial charge is 0.484 e. The van der Waals surface area contributed by atoms with Crippen molar-refractivity contribution in [3.63, 3.8) is 0 Å². The van der Waals surface area contributed by atoms with Gasteiger partial charge in [0.1, 0.15) is 5.75 Å². The van der Waals surface area contributed by atoms with E-state index < -0.39 is 0 Å². The SMILES string of the molecule is Cc1ccc(OCC(=O)N2CC=C(c3c[nH]c4ccccc34)CC2)cc1. The van der Waals surface area contributed by atoms with E-state index in [1.807, 2.05) is 42.2 Å². The fourth-order valence-corrected chi connectivity index (χ4v) is 3.35. The van der Waals surface area contributed by atoms with Gasteiger partial charge in [0.15, 0.2) is 6.61 Å². The fraction of sp³-hybridized carbons (Fsp3) is 0.227. The summed E-state index contributed by atoms with van der Waals surface area (Å²) in [4.78, 5) is 17.6. The van der Waals surface area contributed by atoms with Crippen LogP contribution in [-0.2, 0) is 4.79 Å². The molecular weight excluding hydrogens is 324 g/mol. The summed E-state index contributed by atoms with van der Waals surface area (Å²) in [6.45, 7) is 3.46. The molecule has 0 radical (unpaired) electrons. The number of rotatable bonds is 4. The molecule has 26 heavy (non-hydrogen) atoms. The third-order valence-corrected chi connectivity index (χ3v) is 4.88. The molecule has 1 aromatic heterocycles. The molecule has 0 bridgehead atoms. The van der Waals surface area contributed by atoms with E-state index in [1.54, 1.807) is 0 Å². The van der Waals surface area contributed by atoms with Gasteiger partial charge in [-0.3, -0.25) is 4.79 Å². The van der Waals surface area contributed by atoms with Crippen LogP contribution >= 0.6 is 0 Å². The lowest BCUT2D eigenvalue weighted by atomic mass is 9.99. The number of nitrogens with one attached hydrogen (secondary N) is 1. The summed E-state index contributed by atoms with van der Waals surface area (Å²) < 4.78 is 5.62. The third kappa shape index (κ3) is 3.36. The number of hydrogen-bond donors (Lipinski definition) is 1. The maximum absolute atomic E-state index is 12.4. The Morgan fingerprint density at radius 3 is 2.73 bits per heavy atom. The molecule has 1 aliphatic heterocycles. The summed E-state index contributed by atoms with van der Waals surface area (Å²) in [5.74, 6) is 0.760. The highest BCUT2D eigenvalue weighted by atomic mass is 16.5. The normalized spacial score (nSPS) is 14.3. The molecule has 2 aromatic carbocycles. The minimum Gasteiger partial charge on any atom is -0.484 e. The Bertz CT molecular complexity index is 954. The molecule has 3 aromatic rings. The number of amides is 1. The van der Waals surface area contributed by atoms with Crippen LogP contribution < -0.4 is 4.74 Å². The lowest BCUT2D eigenvalue weighted by Gasteiger charge is -2.26. The van der Waals surface area contributed by atoms with Crippen molar-refractivity contribution in [1.82, 2.24) is 9.88 Å². The van der Waals surface area contributed by atoms with Crippen LogP contribution in [0.15, 0.2) is 60.8 Å². The highest BCUT2D eigenvalue weighted by Crippen LogP contribution is 2.29. The zero-order chi connectivity index (χ0) is 17.9. The lowest BCUT2D eigenvalue weighted by molar-refractivity contribution is -0.132. The van der Waals surface area contributed by atoms with Crippen LogP contribution in [0.25, 0.3) is 16.5 Å². The summed E-state index contributed by atoms with van der Waals surface area (Å²) in [7, 11) is 0. The molecule has 1 N–H and O–H groups in total. The van der Waals surface area contributed by atoms with Gasteiger partial charge in [0.2, 0.25) is 0 Å². The molecule has 1 aliphatic rings. The van der Waals surface area contributed by atoms with Crippen LogP contribution in [-0.4, -0.2) is 35.5 Å². The molecule has 4 heteroatoms. The van der Waals surface area contributed by atoms with Gasteiger partial charge in [0, 0.05) is 35.8 Å². The zero-order valence-electron chi connectivity index (χ0n) is 14.9. The predicted molar refractivity (Wildman–Crippen MR) is 104 cm³/mol. The number of ether oxygens (including phenoxy) is 1. The molecule has 0 saturated carbocycles. The second-order valence-electron chi connectivity index (χ2n) is 6.67. The second-order valence-corrected chi connectivity index (χ2v) is 6.67. The quantitative estimate of drug-likeness (QED) is 0.770. The van der Waals surface area contributed by atoms with Crippen LogP contribution in [0.5, 0.6) is 5.75 Å². The van der Waals surface area contributed by atoms with Gasteiger partial charge in [-0.2, -0.15) is 0 Å². The number of benzene rings is 2. The van der Waals surface area contributed by atoms with Crippen molar-refractivity contribution in [2.24, 2.45) is 0 Å². The standard InChI is InChI=1S/C22H22N2O2/c1-16-6-8-18(9-7-16)26-15-22(25)24-12-10-17(11-13-24)20-14-23-21-5-3-2-4-19(20)21/h2-10,14,23H,11-13,15H2,1H3. The Labute approximate surface area is 153 Å². The van der Waals surface area contributed by atoms with Crippen LogP contribution in [0, 0.1) is 6.92 Å². The lowest BCUT2D eigenvalue weighted by Crippen LogP contribution is -2.37. The van der Waals surface area contributed by atoms with Gasteiger partial charge in [-0.05, 0) is 37.1 Å². The number of carbonyl (C=O) groups excluding carboxylic acids is 1. The van der Waals surface area contributed by atoms with Gasteiger partial charge in [0.05, 0.1) is 0 Å². The molecule has 0 atom stereocenters. The molecule has 4 rings (SSSR count). The number of carbonyl (C=O) groups is 1. The maximum atomic E-state index is 12.4. The summed E-state index contributed by atoms with van der Waals surface area (Å²) in [5.41, 5.74) is 4.86. The first-order valence-corrected chi connectivity index (χ1v) is 8.93. The first-order chi connectivity index (χ1) is 12.7. The molecule has 0 unspecified atom stereocenters. The van der Waals surface area contributed by atoms with Crippen LogP contribution in [0.4, 0.5) is 0 Å². The number of nitrogens with zero attached hydrogens (tertiary/aromatic N) is 1. The van der Waals surface area contributed by atoms with Gasteiger partial charge >= 0.3 is 0 Å². The number of para-hydroxylation sites is 1. The monoisotopic (exact) mass is 346 g/mol. The highest BCUT2D eigenvalue weighted by Gasteiger charge is 2.19. The Balaban J connectivity index is 1.39. The zero-order valence-corrected chi connectivity index (χ0v) is 14.9. The van der Waals surface area contributed by atoms with Gasteiger partial charge in [-0.15, -0.1) is 0 Å². The number of aryl methyl sites for hydroxylation is 1. The molecule has 1 amide bonds. The minimum absolute atomic E-state index is 0.0276. The number of aromatic amines is 1. The number of H-pyrrole nitrogens is 1. The Morgan fingerprint density at radius 2 is 1.96 bits per heavy atom. The summed E-state index contributed by atoms with van der Waals surface area (Å²) in [5, 5.41) is 1.24. The van der Waals surface area contributed by atoms with Crippen LogP contribution in [0.3, 0.4) is 0 Å². The molecule has 2 heterocycles. The van der Waals surface area contributed by atoms with Gasteiger partial charge in [0.25, 0.3) is 5.91 Å². The van der Waals surface area contributed by atoms with Gasteiger partial charge < -0.3 is 14.6 Å². The average Bonchev–Trinajstić information content (AvgIpc) is 3.11. The van der Waals surface area contributed by atoms with E-state index >= 15 is 0 Å².